The fourth-order valence-electron chi connectivity index (χ4n) is 2.21. The van der Waals surface area contributed by atoms with E-state index in [1.165, 1.54) is 5.56 Å². The Hall–Kier alpha value is -1.42. The number of aromatic nitrogens is 2. The fraction of sp³-hybridized carbons (Fsp3) is 0.375. The van der Waals surface area contributed by atoms with E-state index in [4.69, 9.17) is 0 Å². The molecule has 0 spiro atoms. The summed E-state index contributed by atoms with van der Waals surface area (Å²) in [4.78, 5) is 12.4. The standard InChI is InChI=1S/C16H19BrN2O/c1-12(2)19-16(14(17)11-18-19)15(20)10-6-9-13-7-4-3-5-8-13/h3-5,7-8,11-12H,6,9-10H2,1-2H3. The number of ketones is 1. The van der Waals surface area contributed by atoms with Gasteiger partial charge in [0, 0.05) is 12.5 Å². The van der Waals surface area contributed by atoms with Crippen LogP contribution in [0.3, 0.4) is 0 Å². The van der Waals surface area contributed by atoms with Crippen molar-refractivity contribution in [2.24, 2.45) is 0 Å². The first-order valence-corrected chi connectivity index (χ1v) is 7.69. The molecule has 1 heterocycles. The maximum atomic E-state index is 12.4. The molecular weight excluding hydrogens is 316 g/mol. The predicted molar refractivity (Wildman–Crippen MR) is 84.0 cm³/mol. The van der Waals surface area contributed by atoms with E-state index in [9.17, 15) is 4.79 Å². The smallest absolute Gasteiger partial charge is 0.182 e. The summed E-state index contributed by atoms with van der Waals surface area (Å²) in [6, 6.07) is 10.4. The number of carbonyl (C=O) groups is 1. The first-order chi connectivity index (χ1) is 9.59. The van der Waals surface area contributed by atoms with E-state index in [1.807, 2.05) is 32.0 Å². The SMILES string of the molecule is CC(C)n1ncc(Br)c1C(=O)CCCc1ccccc1. The van der Waals surface area contributed by atoms with Gasteiger partial charge in [0.1, 0.15) is 5.69 Å². The minimum absolute atomic E-state index is 0.152. The molecule has 106 valence electrons. The van der Waals surface area contributed by atoms with Crippen molar-refractivity contribution < 1.29 is 4.79 Å². The molecule has 0 fully saturated rings. The second-order valence-electron chi connectivity index (χ2n) is 5.14. The fourth-order valence-corrected chi connectivity index (χ4v) is 2.70. The molecule has 0 aliphatic heterocycles. The van der Waals surface area contributed by atoms with E-state index in [0.29, 0.717) is 12.1 Å². The van der Waals surface area contributed by atoms with Gasteiger partial charge >= 0.3 is 0 Å². The van der Waals surface area contributed by atoms with Crippen molar-refractivity contribution in [2.45, 2.75) is 39.2 Å². The summed E-state index contributed by atoms with van der Waals surface area (Å²) in [5, 5.41) is 4.25. The number of hydrogen-bond acceptors (Lipinski definition) is 2. The summed E-state index contributed by atoms with van der Waals surface area (Å²) in [6.45, 7) is 4.06. The average molecular weight is 335 g/mol. The molecule has 0 unspecified atom stereocenters. The van der Waals surface area contributed by atoms with Gasteiger partial charge in [-0.1, -0.05) is 30.3 Å². The van der Waals surface area contributed by atoms with Crippen molar-refractivity contribution in [3.05, 3.63) is 52.3 Å². The van der Waals surface area contributed by atoms with Gasteiger partial charge in [-0.3, -0.25) is 9.48 Å². The van der Waals surface area contributed by atoms with Gasteiger partial charge in [0.2, 0.25) is 0 Å². The van der Waals surface area contributed by atoms with Gasteiger partial charge in [-0.25, -0.2) is 0 Å². The molecular formula is C16H19BrN2O. The first kappa shape index (κ1) is 15.0. The normalized spacial score (nSPS) is 11.0. The number of halogens is 1. The molecule has 0 atom stereocenters. The lowest BCUT2D eigenvalue weighted by Crippen LogP contribution is -2.13. The molecule has 0 aliphatic carbocycles. The summed E-state index contributed by atoms with van der Waals surface area (Å²) in [7, 11) is 0. The van der Waals surface area contributed by atoms with Crippen molar-refractivity contribution >= 4 is 21.7 Å². The maximum absolute atomic E-state index is 12.4. The van der Waals surface area contributed by atoms with Crippen molar-refractivity contribution in [1.82, 2.24) is 9.78 Å². The van der Waals surface area contributed by atoms with Crippen molar-refractivity contribution in [3.63, 3.8) is 0 Å². The highest BCUT2D eigenvalue weighted by molar-refractivity contribution is 9.10. The lowest BCUT2D eigenvalue weighted by atomic mass is 10.1. The summed E-state index contributed by atoms with van der Waals surface area (Å²) in [6.07, 6.45) is 4.04. The molecule has 3 nitrogen and oxygen atoms in total. The highest BCUT2D eigenvalue weighted by atomic mass is 79.9. The Bertz CT molecular complexity index is 575. The largest absolute Gasteiger partial charge is 0.292 e. The molecule has 0 radical (unpaired) electrons. The van der Waals surface area contributed by atoms with Crippen LogP contribution in [-0.2, 0) is 6.42 Å². The predicted octanol–water partition coefficient (Wildman–Crippen LogP) is 4.43. The van der Waals surface area contributed by atoms with Crippen LogP contribution in [0.1, 0.15) is 48.8 Å². The molecule has 2 aromatic rings. The second-order valence-corrected chi connectivity index (χ2v) is 6.00. The summed E-state index contributed by atoms with van der Waals surface area (Å²) in [5.41, 5.74) is 1.96. The second kappa shape index (κ2) is 6.84. The van der Waals surface area contributed by atoms with Gasteiger partial charge in [-0.2, -0.15) is 5.10 Å². The van der Waals surface area contributed by atoms with Crippen molar-refractivity contribution in [1.29, 1.82) is 0 Å². The van der Waals surface area contributed by atoms with E-state index in [0.717, 1.165) is 17.3 Å². The average Bonchev–Trinajstić information content (AvgIpc) is 2.82. The molecule has 0 aliphatic rings. The van der Waals surface area contributed by atoms with Crippen LogP contribution in [-0.4, -0.2) is 15.6 Å². The minimum atomic E-state index is 0.152. The zero-order valence-corrected chi connectivity index (χ0v) is 13.4. The lowest BCUT2D eigenvalue weighted by molar-refractivity contribution is 0.0967. The third-order valence-electron chi connectivity index (χ3n) is 3.22. The van der Waals surface area contributed by atoms with E-state index in [2.05, 4.69) is 33.2 Å². The molecule has 0 amide bonds. The van der Waals surface area contributed by atoms with Gasteiger partial charge in [-0.05, 0) is 48.2 Å². The monoisotopic (exact) mass is 334 g/mol. The highest BCUT2D eigenvalue weighted by Gasteiger charge is 2.18. The lowest BCUT2D eigenvalue weighted by Gasteiger charge is -2.10. The number of Topliss-reactive ketones (excluding diaryl/α,β-unsaturated/α-hetero) is 1. The molecule has 0 bridgehead atoms. The van der Waals surface area contributed by atoms with Crippen LogP contribution in [0.25, 0.3) is 0 Å². The Labute approximate surface area is 128 Å². The van der Waals surface area contributed by atoms with Gasteiger partial charge in [0.25, 0.3) is 0 Å². The molecule has 2 rings (SSSR count). The minimum Gasteiger partial charge on any atom is -0.292 e. The molecule has 20 heavy (non-hydrogen) atoms. The Kier molecular flexibility index (Phi) is 5.12. The summed E-state index contributed by atoms with van der Waals surface area (Å²) in [5.74, 6) is 0.152. The third kappa shape index (κ3) is 3.57. The van der Waals surface area contributed by atoms with Crippen LogP contribution in [0, 0.1) is 0 Å². The van der Waals surface area contributed by atoms with Gasteiger partial charge < -0.3 is 0 Å². The van der Waals surface area contributed by atoms with E-state index in [-0.39, 0.29) is 11.8 Å². The van der Waals surface area contributed by atoms with Gasteiger partial charge in [-0.15, -0.1) is 0 Å². The number of aryl methyl sites for hydroxylation is 1. The highest BCUT2D eigenvalue weighted by Crippen LogP contribution is 2.21. The summed E-state index contributed by atoms with van der Waals surface area (Å²) >= 11 is 3.42. The van der Waals surface area contributed by atoms with Crippen LogP contribution in [0.4, 0.5) is 0 Å². The van der Waals surface area contributed by atoms with Crippen LogP contribution in [0.5, 0.6) is 0 Å². The van der Waals surface area contributed by atoms with E-state index in [1.54, 1.807) is 10.9 Å². The van der Waals surface area contributed by atoms with Crippen LogP contribution < -0.4 is 0 Å². The quantitative estimate of drug-likeness (QED) is 0.732. The van der Waals surface area contributed by atoms with Gasteiger partial charge in [0.05, 0.1) is 10.7 Å². The zero-order chi connectivity index (χ0) is 14.5. The number of nitrogens with zero attached hydrogens (tertiary/aromatic N) is 2. The molecule has 1 aromatic heterocycles. The van der Waals surface area contributed by atoms with E-state index >= 15 is 0 Å². The maximum Gasteiger partial charge on any atom is 0.182 e. The number of rotatable bonds is 6. The van der Waals surface area contributed by atoms with Crippen LogP contribution >= 0.6 is 15.9 Å². The Balaban J connectivity index is 1.97. The topological polar surface area (TPSA) is 34.9 Å². The van der Waals surface area contributed by atoms with Gasteiger partial charge in [0.15, 0.2) is 5.78 Å². The number of carbonyl (C=O) groups excluding carboxylic acids is 1. The van der Waals surface area contributed by atoms with Crippen LogP contribution in [0.2, 0.25) is 0 Å². The molecule has 4 heteroatoms. The van der Waals surface area contributed by atoms with Crippen molar-refractivity contribution in [2.75, 3.05) is 0 Å². The molecule has 0 N–H and O–H groups in total. The van der Waals surface area contributed by atoms with E-state index < -0.39 is 0 Å². The first-order valence-electron chi connectivity index (χ1n) is 6.89. The molecule has 0 saturated carbocycles. The Morgan fingerprint density at radius 2 is 2.00 bits per heavy atom. The zero-order valence-electron chi connectivity index (χ0n) is 11.8. The number of benzene rings is 1. The molecule has 0 saturated heterocycles. The number of hydrogen-bond donors (Lipinski definition) is 0. The third-order valence-corrected chi connectivity index (χ3v) is 3.80. The summed E-state index contributed by atoms with van der Waals surface area (Å²) < 4.78 is 2.57. The molecule has 1 aromatic carbocycles. The Morgan fingerprint density at radius 3 is 2.65 bits per heavy atom. The van der Waals surface area contributed by atoms with Crippen molar-refractivity contribution in [3.8, 4) is 0 Å². The Morgan fingerprint density at radius 1 is 1.30 bits per heavy atom. The van der Waals surface area contributed by atoms with Crippen LogP contribution in [0.15, 0.2) is 41.0 Å².